The van der Waals surface area contributed by atoms with Crippen molar-refractivity contribution in [3.63, 3.8) is 0 Å². The molecule has 1 saturated heterocycles. The lowest BCUT2D eigenvalue weighted by atomic mass is 9.96. The van der Waals surface area contributed by atoms with Crippen LogP contribution in [0.25, 0.3) is 0 Å². The van der Waals surface area contributed by atoms with Gasteiger partial charge in [-0.2, -0.15) is 0 Å². The number of hydrogen-bond donors (Lipinski definition) is 1. The molecule has 0 aliphatic carbocycles. The van der Waals surface area contributed by atoms with E-state index in [1.807, 2.05) is 28.0 Å². The Labute approximate surface area is 144 Å². The number of carbonyl (C=O) groups excluding carboxylic acids is 2. The Morgan fingerprint density at radius 1 is 1.29 bits per heavy atom. The van der Waals surface area contributed by atoms with Crippen molar-refractivity contribution in [2.24, 2.45) is 11.7 Å². The smallest absolute Gasteiger partial charge is 0.231 e. The normalized spacial score (nSPS) is 18.3. The van der Waals surface area contributed by atoms with Crippen molar-refractivity contribution in [3.05, 3.63) is 35.9 Å². The van der Waals surface area contributed by atoms with Crippen LogP contribution in [0.4, 0.5) is 0 Å². The molecule has 5 nitrogen and oxygen atoms in total. The van der Waals surface area contributed by atoms with Crippen molar-refractivity contribution in [2.45, 2.75) is 39.2 Å². The van der Waals surface area contributed by atoms with Gasteiger partial charge < -0.3 is 10.6 Å². The standard InChI is InChI=1S/C19H29N3O2/c1-2-3-12-22(13-16-8-5-4-6-9-16)19(24)17-10-7-11-21(14-17)15-18(20)23/h4-6,8-9,17H,2-3,7,10-15H2,1H3,(H2,20,23). The van der Waals surface area contributed by atoms with Gasteiger partial charge in [0.25, 0.3) is 0 Å². The van der Waals surface area contributed by atoms with Crippen LogP contribution in [0, 0.1) is 5.92 Å². The number of benzene rings is 1. The van der Waals surface area contributed by atoms with Crippen molar-refractivity contribution in [1.29, 1.82) is 0 Å². The SMILES string of the molecule is CCCCN(Cc1ccccc1)C(=O)C1CCCN(CC(N)=O)C1. The maximum atomic E-state index is 13.0. The van der Waals surface area contributed by atoms with Crippen molar-refractivity contribution in [1.82, 2.24) is 9.80 Å². The number of hydrogen-bond acceptors (Lipinski definition) is 3. The number of rotatable bonds is 8. The molecular formula is C19H29N3O2. The van der Waals surface area contributed by atoms with Gasteiger partial charge in [0.2, 0.25) is 11.8 Å². The van der Waals surface area contributed by atoms with Gasteiger partial charge in [-0.3, -0.25) is 14.5 Å². The molecule has 1 heterocycles. The second-order valence-corrected chi connectivity index (χ2v) is 6.64. The number of likely N-dealkylation sites (tertiary alicyclic amines) is 1. The predicted octanol–water partition coefficient (Wildman–Crippen LogP) is 2.01. The van der Waals surface area contributed by atoms with E-state index in [4.69, 9.17) is 5.73 Å². The molecule has 5 heteroatoms. The number of amides is 2. The van der Waals surface area contributed by atoms with Crippen molar-refractivity contribution in [3.8, 4) is 0 Å². The summed E-state index contributed by atoms with van der Waals surface area (Å²) in [6.45, 7) is 5.32. The summed E-state index contributed by atoms with van der Waals surface area (Å²) in [5, 5.41) is 0. The average molecular weight is 331 g/mol. The molecule has 2 rings (SSSR count). The maximum Gasteiger partial charge on any atom is 0.231 e. The zero-order valence-corrected chi connectivity index (χ0v) is 14.6. The monoisotopic (exact) mass is 331 g/mol. The second kappa shape index (κ2) is 9.42. The summed E-state index contributed by atoms with van der Waals surface area (Å²) in [5.74, 6) is -0.143. The van der Waals surface area contributed by atoms with Crippen LogP contribution in [0.1, 0.15) is 38.2 Å². The van der Waals surface area contributed by atoms with E-state index in [1.165, 1.54) is 0 Å². The molecule has 1 aromatic rings. The third-order valence-electron chi connectivity index (χ3n) is 4.54. The fraction of sp³-hybridized carbons (Fsp3) is 0.579. The number of nitrogens with two attached hydrogens (primary N) is 1. The molecule has 2 amide bonds. The zero-order chi connectivity index (χ0) is 17.4. The summed E-state index contributed by atoms with van der Waals surface area (Å²) in [7, 11) is 0. The minimum Gasteiger partial charge on any atom is -0.369 e. The molecular weight excluding hydrogens is 302 g/mol. The Hall–Kier alpha value is -1.88. The quantitative estimate of drug-likeness (QED) is 0.792. The van der Waals surface area contributed by atoms with Crippen LogP contribution in [0.3, 0.4) is 0 Å². The van der Waals surface area contributed by atoms with Crippen LogP contribution in [0.15, 0.2) is 30.3 Å². The first-order valence-electron chi connectivity index (χ1n) is 8.93. The molecule has 0 radical (unpaired) electrons. The minimum atomic E-state index is -0.324. The third-order valence-corrected chi connectivity index (χ3v) is 4.54. The van der Waals surface area contributed by atoms with Crippen molar-refractivity contribution in [2.75, 3.05) is 26.2 Å². The minimum absolute atomic E-state index is 0.0290. The summed E-state index contributed by atoms with van der Waals surface area (Å²) >= 11 is 0. The van der Waals surface area contributed by atoms with Crippen LogP contribution in [0.2, 0.25) is 0 Å². The Morgan fingerprint density at radius 2 is 2.04 bits per heavy atom. The molecule has 1 aliphatic heterocycles. The Balaban J connectivity index is 2.01. The molecule has 1 aliphatic rings. The second-order valence-electron chi connectivity index (χ2n) is 6.64. The summed E-state index contributed by atoms with van der Waals surface area (Å²) in [5.41, 5.74) is 6.46. The number of carbonyl (C=O) groups is 2. The van der Waals surface area contributed by atoms with Gasteiger partial charge in [0.15, 0.2) is 0 Å². The van der Waals surface area contributed by atoms with Gasteiger partial charge in [-0.25, -0.2) is 0 Å². The van der Waals surface area contributed by atoms with E-state index < -0.39 is 0 Å². The first-order valence-corrected chi connectivity index (χ1v) is 8.93. The van der Waals surface area contributed by atoms with E-state index in [1.54, 1.807) is 0 Å². The number of nitrogens with zero attached hydrogens (tertiary/aromatic N) is 2. The first kappa shape index (κ1) is 18.5. The van der Waals surface area contributed by atoms with E-state index in [0.29, 0.717) is 13.1 Å². The summed E-state index contributed by atoms with van der Waals surface area (Å²) in [4.78, 5) is 28.2. The molecule has 0 aromatic heterocycles. The van der Waals surface area contributed by atoms with E-state index in [-0.39, 0.29) is 24.3 Å². The molecule has 132 valence electrons. The summed E-state index contributed by atoms with van der Waals surface area (Å²) in [6, 6.07) is 10.1. The van der Waals surface area contributed by atoms with Gasteiger partial charge in [-0.15, -0.1) is 0 Å². The fourth-order valence-corrected chi connectivity index (χ4v) is 3.30. The lowest BCUT2D eigenvalue weighted by Crippen LogP contribution is -2.47. The lowest BCUT2D eigenvalue weighted by molar-refractivity contribution is -0.138. The molecule has 1 atom stereocenters. The molecule has 1 aromatic carbocycles. The lowest BCUT2D eigenvalue weighted by Gasteiger charge is -2.34. The van der Waals surface area contributed by atoms with Crippen LogP contribution in [-0.2, 0) is 16.1 Å². The number of primary amides is 1. The highest BCUT2D eigenvalue weighted by atomic mass is 16.2. The van der Waals surface area contributed by atoms with Gasteiger partial charge in [0.05, 0.1) is 12.5 Å². The van der Waals surface area contributed by atoms with Crippen molar-refractivity contribution < 1.29 is 9.59 Å². The molecule has 1 unspecified atom stereocenters. The highest BCUT2D eigenvalue weighted by Gasteiger charge is 2.29. The van der Waals surface area contributed by atoms with Crippen LogP contribution in [0.5, 0.6) is 0 Å². The Morgan fingerprint density at radius 3 is 2.71 bits per heavy atom. The van der Waals surface area contributed by atoms with Crippen LogP contribution >= 0.6 is 0 Å². The van der Waals surface area contributed by atoms with Gasteiger partial charge in [-0.1, -0.05) is 43.7 Å². The summed E-state index contributed by atoms with van der Waals surface area (Å²) in [6.07, 6.45) is 3.91. The predicted molar refractivity (Wildman–Crippen MR) is 95.1 cm³/mol. The molecule has 0 spiro atoms. The number of piperidine rings is 1. The van der Waals surface area contributed by atoms with Gasteiger partial charge in [0, 0.05) is 19.6 Å². The van der Waals surface area contributed by atoms with E-state index >= 15 is 0 Å². The van der Waals surface area contributed by atoms with Crippen LogP contribution < -0.4 is 5.73 Å². The third kappa shape index (κ3) is 5.64. The maximum absolute atomic E-state index is 13.0. The average Bonchev–Trinajstić information content (AvgIpc) is 2.58. The highest BCUT2D eigenvalue weighted by Crippen LogP contribution is 2.20. The zero-order valence-electron chi connectivity index (χ0n) is 14.6. The highest BCUT2D eigenvalue weighted by molar-refractivity contribution is 5.79. The molecule has 24 heavy (non-hydrogen) atoms. The van der Waals surface area contributed by atoms with Crippen molar-refractivity contribution >= 4 is 11.8 Å². The van der Waals surface area contributed by atoms with E-state index in [9.17, 15) is 9.59 Å². The Kier molecular flexibility index (Phi) is 7.25. The molecule has 0 bridgehead atoms. The first-order chi connectivity index (χ1) is 11.6. The molecule has 1 fully saturated rings. The number of unbranched alkanes of at least 4 members (excludes halogenated alkanes) is 1. The van der Waals surface area contributed by atoms with E-state index in [2.05, 4.69) is 19.1 Å². The Bertz CT molecular complexity index is 533. The fourth-order valence-electron chi connectivity index (χ4n) is 3.30. The summed E-state index contributed by atoms with van der Waals surface area (Å²) < 4.78 is 0. The molecule has 2 N–H and O–H groups in total. The topological polar surface area (TPSA) is 66.6 Å². The van der Waals surface area contributed by atoms with Crippen LogP contribution in [-0.4, -0.2) is 47.8 Å². The van der Waals surface area contributed by atoms with Gasteiger partial charge in [-0.05, 0) is 31.4 Å². The van der Waals surface area contributed by atoms with E-state index in [0.717, 1.165) is 44.3 Å². The van der Waals surface area contributed by atoms with Gasteiger partial charge >= 0.3 is 0 Å². The largest absolute Gasteiger partial charge is 0.369 e. The van der Waals surface area contributed by atoms with Gasteiger partial charge in [0.1, 0.15) is 0 Å². The molecule has 0 saturated carbocycles.